The molecule has 1 atom stereocenters. The Morgan fingerprint density at radius 1 is 1.31 bits per heavy atom. The van der Waals surface area contributed by atoms with Crippen molar-refractivity contribution in [2.75, 3.05) is 11.9 Å². The molecule has 5 nitrogen and oxygen atoms in total. The average molecular weight is 349 g/mol. The van der Waals surface area contributed by atoms with Gasteiger partial charge in [-0.25, -0.2) is 4.98 Å². The SMILES string of the molecule is Cc1cccn2cc(-c3ccc(NC(=O)CC[C@@H]4CCCO4)cc3)nc12. The highest BCUT2D eigenvalue weighted by atomic mass is 16.5. The molecule has 0 spiro atoms. The molecule has 1 aromatic carbocycles. The van der Waals surface area contributed by atoms with Gasteiger partial charge in [0.05, 0.1) is 11.8 Å². The van der Waals surface area contributed by atoms with Crippen molar-refractivity contribution in [3.05, 3.63) is 54.4 Å². The predicted molar refractivity (Wildman–Crippen MR) is 102 cm³/mol. The second-order valence-corrected chi connectivity index (χ2v) is 6.85. The summed E-state index contributed by atoms with van der Waals surface area (Å²) in [5.41, 5.74) is 4.88. The Morgan fingerprint density at radius 3 is 2.88 bits per heavy atom. The number of aryl methyl sites for hydroxylation is 1. The third-order valence-corrected chi connectivity index (χ3v) is 4.86. The Bertz CT molecular complexity index is 909. The molecule has 0 bridgehead atoms. The van der Waals surface area contributed by atoms with Gasteiger partial charge in [-0.05, 0) is 49.9 Å². The molecule has 0 saturated carbocycles. The normalized spacial score (nSPS) is 16.9. The van der Waals surface area contributed by atoms with Crippen molar-refractivity contribution in [2.45, 2.75) is 38.7 Å². The number of carbonyl (C=O) groups is 1. The van der Waals surface area contributed by atoms with Crippen LogP contribution in [0.15, 0.2) is 48.8 Å². The van der Waals surface area contributed by atoms with Gasteiger partial charge in [-0.15, -0.1) is 0 Å². The van der Waals surface area contributed by atoms with Crippen LogP contribution in [0.1, 0.15) is 31.2 Å². The molecule has 5 heteroatoms. The highest BCUT2D eigenvalue weighted by Crippen LogP contribution is 2.23. The molecular formula is C21H23N3O2. The van der Waals surface area contributed by atoms with Crippen LogP contribution in [0.4, 0.5) is 5.69 Å². The molecule has 0 radical (unpaired) electrons. The molecule has 26 heavy (non-hydrogen) atoms. The predicted octanol–water partition coefficient (Wildman–Crippen LogP) is 4.21. The summed E-state index contributed by atoms with van der Waals surface area (Å²) < 4.78 is 7.60. The number of amides is 1. The van der Waals surface area contributed by atoms with Gasteiger partial charge in [0.1, 0.15) is 5.65 Å². The Balaban J connectivity index is 1.41. The molecule has 1 aliphatic rings. The number of benzene rings is 1. The lowest BCUT2D eigenvalue weighted by molar-refractivity contribution is -0.116. The van der Waals surface area contributed by atoms with Crippen molar-refractivity contribution < 1.29 is 9.53 Å². The number of nitrogens with zero attached hydrogens (tertiary/aromatic N) is 2. The van der Waals surface area contributed by atoms with E-state index in [4.69, 9.17) is 9.72 Å². The molecule has 3 aromatic rings. The second kappa shape index (κ2) is 7.30. The van der Waals surface area contributed by atoms with E-state index in [-0.39, 0.29) is 12.0 Å². The molecule has 0 aliphatic carbocycles. The van der Waals surface area contributed by atoms with Crippen molar-refractivity contribution in [2.24, 2.45) is 0 Å². The zero-order valence-corrected chi connectivity index (χ0v) is 14.9. The van der Waals surface area contributed by atoms with Crippen molar-refractivity contribution in [1.29, 1.82) is 0 Å². The van der Waals surface area contributed by atoms with Crippen LogP contribution in [-0.2, 0) is 9.53 Å². The maximum atomic E-state index is 12.1. The van der Waals surface area contributed by atoms with Gasteiger partial charge >= 0.3 is 0 Å². The first-order valence-corrected chi connectivity index (χ1v) is 9.15. The van der Waals surface area contributed by atoms with Gasteiger partial charge in [-0.2, -0.15) is 0 Å². The van der Waals surface area contributed by atoms with Gasteiger partial charge < -0.3 is 14.5 Å². The van der Waals surface area contributed by atoms with Crippen LogP contribution in [0.5, 0.6) is 0 Å². The van der Waals surface area contributed by atoms with Crippen LogP contribution in [-0.4, -0.2) is 28.0 Å². The fourth-order valence-electron chi connectivity index (χ4n) is 3.40. The van der Waals surface area contributed by atoms with Crippen molar-refractivity contribution in [3.8, 4) is 11.3 Å². The zero-order chi connectivity index (χ0) is 17.9. The number of nitrogens with one attached hydrogen (secondary N) is 1. The van der Waals surface area contributed by atoms with Gasteiger partial charge in [-0.3, -0.25) is 4.79 Å². The van der Waals surface area contributed by atoms with E-state index in [1.165, 1.54) is 0 Å². The summed E-state index contributed by atoms with van der Waals surface area (Å²) in [6.07, 6.45) is 7.75. The first-order valence-electron chi connectivity index (χ1n) is 9.15. The molecular weight excluding hydrogens is 326 g/mol. The van der Waals surface area contributed by atoms with E-state index in [0.717, 1.165) is 54.0 Å². The quantitative estimate of drug-likeness (QED) is 0.751. The zero-order valence-electron chi connectivity index (χ0n) is 14.9. The minimum Gasteiger partial charge on any atom is -0.378 e. The Hall–Kier alpha value is -2.66. The highest BCUT2D eigenvalue weighted by Gasteiger charge is 2.16. The monoisotopic (exact) mass is 349 g/mol. The number of rotatable bonds is 5. The lowest BCUT2D eigenvalue weighted by Gasteiger charge is -2.09. The third-order valence-electron chi connectivity index (χ3n) is 4.86. The maximum Gasteiger partial charge on any atom is 0.224 e. The molecule has 1 saturated heterocycles. The highest BCUT2D eigenvalue weighted by molar-refractivity contribution is 5.91. The van der Waals surface area contributed by atoms with Crippen molar-refractivity contribution in [3.63, 3.8) is 0 Å². The molecule has 2 aromatic heterocycles. The smallest absolute Gasteiger partial charge is 0.224 e. The molecule has 3 heterocycles. The van der Waals surface area contributed by atoms with Crippen LogP contribution in [0.3, 0.4) is 0 Å². The van der Waals surface area contributed by atoms with Gasteiger partial charge in [0.25, 0.3) is 0 Å². The Labute approximate surface area is 153 Å². The van der Waals surface area contributed by atoms with E-state index in [1.807, 2.05) is 47.1 Å². The standard InChI is InChI=1S/C21H23N3O2/c1-15-4-2-12-24-14-19(23-21(15)24)16-6-8-17(9-7-16)22-20(25)11-10-18-5-3-13-26-18/h2,4,6-9,12,14,18H,3,5,10-11,13H2,1H3,(H,22,25)/t18-/m0/s1. The van der Waals surface area contributed by atoms with Gasteiger partial charge in [-0.1, -0.05) is 18.2 Å². The van der Waals surface area contributed by atoms with E-state index in [9.17, 15) is 4.79 Å². The minimum absolute atomic E-state index is 0.0385. The Kier molecular flexibility index (Phi) is 4.71. The topological polar surface area (TPSA) is 55.6 Å². The van der Waals surface area contributed by atoms with Gasteiger partial charge in [0.15, 0.2) is 0 Å². The molecule has 134 valence electrons. The molecule has 4 rings (SSSR count). The third kappa shape index (κ3) is 3.63. The number of carbonyl (C=O) groups excluding carboxylic acids is 1. The molecule has 1 N–H and O–H groups in total. The van der Waals surface area contributed by atoms with Crippen molar-refractivity contribution >= 4 is 17.2 Å². The van der Waals surface area contributed by atoms with Gasteiger partial charge in [0, 0.05) is 36.7 Å². The van der Waals surface area contributed by atoms with E-state index in [0.29, 0.717) is 6.42 Å². The van der Waals surface area contributed by atoms with Crippen LogP contribution in [0.25, 0.3) is 16.9 Å². The largest absolute Gasteiger partial charge is 0.378 e. The summed E-state index contributed by atoms with van der Waals surface area (Å²) in [7, 11) is 0. The van der Waals surface area contributed by atoms with E-state index in [2.05, 4.69) is 18.3 Å². The van der Waals surface area contributed by atoms with E-state index < -0.39 is 0 Å². The number of ether oxygens (including phenoxy) is 1. The fraction of sp³-hybridized carbons (Fsp3) is 0.333. The summed E-state index contributed by atoms with van der Waals surface area (Å²) in [5.74, 6) is 0.0385. The number of hydrogen-bond acceptors (Lipinski definition) is 3. The van der Waals surface area contributed by atoms with Crippen LogP contribution < -0.4 is 5.32 Å². The summed E-state index contributed by atoms with van der Waals surface area (Å²) in [4.78, 5) is 16.8. The van der Waals surface area contributed by atoms with Gasteiger partial charge in [0.2, 0.25) is 5.91 Å². The molecule has 1 amide bonds. The van der Waals surface area contributed by atoms with Crippen LogP contribution in [0.2, 0.25) is 0 Å². The summed E-state index contributed by atoms with van der Waals surface area (Å²) in [6, 6.07) is 11.9. The molecule has 0 unspecified atom stereocenters. The van der Waals surface area contributed by atoms with Crippen molar-refractivity contribution in [1.82, 2.24) is 9.38 Å². The lowest BCUT2D eigenvalue weighted by Crippen LogP contribution is -2.15. The van der Waals surface area contributed by atoms with E-state index in [1.54, 1.807) is 0 Å². The Morgan fingerprint density at radius 2 is 2.15 bits per heavy atom. The molecule has 1 fully saturated rings. The number of aromatic nitrogens is 2. The summed E-state index contributed by atoms with van der Waals surface area (Å²) in [5, 5.41) is 2.96. The molecule has 1 aliphatic heterocycles. The number of pyridine rings is 1. The second-order valence-electron chi connectivity index (χ2n) is 6.85. The van der Waals surface area contributed by atoms with E-state index >= 15 is 0 Å². The number of hydrogen-bond donors (Lipinski definition) is 1. The van der Waals surface area contributed by atoms with Crippen LogP contribution >= 0.6 is 0 Å². The van der Waals surface area contributed by atoms with Crippen LogP contribution in [0, 0.1) is 6.92 Å². The summed E-state index contributed by atoms with van der Waals surface area (Å²) >= 11 is 0. The maximum absolute atomic E-state index is 12.1. The average Bonchev–Trinajstić information content (AvgIpc) is 3.31. The fourth-order valence-corrected chi connectivity index (χ4v) is 3.40. The first kappa shape index (κ1) is 16.8. The summed E-state index contributed by atoms with van der Waals surface area (Å²) in [6.45, 7) is 2.89. The number of fused-ring (bicyclic) bond motifs is 1. The number of anilines is 1. The minimum atomic E-state index is 0.0385. The number of imidazole rings is 1. The first-order chi connectivity index (χ1) is 12.7. The lowest BCUT2D eigenvalue weighted by atomic mass is 10.1.